The molecule has 0 aliphatic carbocycles. The van der Waals surface area contributed by atoms with Crippen LogP contribution >= 0.6 is 39.7 Å². The highest BCUT2D eigenvalue weighted by Crippen LogP contribution is 2.26. The number of halogens is 2. The lowest BCUT2D eigenvalue weighted by Crippen LogP contribution is -2.31. The Kier molecular flexibility index (Phi) is 6.79. The van der Waals surface area contributed by atoms with Crippen LogP contribution in [-0.4, -0.2) is 18.2 Å². The molecule has 0 amide bonds. The van der Waals surface area contributed by atoms with E-state index in [1.165, 1.54) is 30.5 Å². The zero-order valence-electron chi connectivity index (χ0n) is 14.8. The molecule has 26 heavy (non-hydrogen) atoms. The van der Waals surface area contributed by atoms with E-state index in [4.69, 9.17) is 23.8 Å². The van der Waals surface area contributed by atoms with Crippen molar-refractivity contribution in [3.63, 3.8) is 0 Å². The van der Waals surface area contributed by atoms with Crippen LogP contribution in [0.3, 0.4) is 0 Å². The zero-order valence-corrected chi connectivity index (χ0v) is 17.9. The number of piperidine rings is 1. The maximum Gasteiger partial charge on any atom is 0.171 e. The molecule has 0 spiro atoms. The molecule has 0 bridgehead atoms. The molecule has 2 aromatic rings. The highest BCUT2D eigenvalue weighted by atomic mass is 79.9. The monoisotopic (exact) mass is 451 g/mol. The minimum Gasteiger partial charge on any atom is -0.372 e. The second-order valence-corrected chi connectivity index (χ2v) is 8.26. The van der Waals surface area contributed by atoms with Crippen LogP contribution in [0.2, 0.25) is 5.02 Å². The molecular formula is C20H23BrClN3S. The van der Waals surface area contributed by atoms with Crippen LogP contribution in [0.15, 0.2) is 46.9 Å². The summed E-state index contributed by atoms with van der Waals surface area (Å²) in [6, 6.07) is 14.6. The van der Waals surface area contributed by atoms with Gasteiger partial charge in [0.15, 0.2) is 5.11 Å². The Labute approximate surface area is 174 Å². The minimum absolute atomic E-state index is 0.122. The van der Waals surface area contributed by atoms with Crippen LogP contribution in [0.4, 0.5) is 11.4 Å². The third-order valence-electron chi connectivity index (χ3n) is 4.64. The summed E-state index contributed by atoms with van der Waals surface area (Å²) in [6.45, 7) is 4.44. The average molecular weight is 453 g/mol. The van der Waals surface area contributed by atoms with Crippen LogP contribution in [0.1, 0.15) is 37.8 Å². The summed E-state index contributed by atoms with van der Waals surface area (Å²) >= 11 is 14.9. The standard InChI is InChI=1S/C20H23BrClN3S/c1-14(23-20(26)24-16-7-10-18(21)19(22)13-16)15-5-8-17(9-6-15)25-11-3-2-4-12-25/h5-10,13-14H,2-4,11-12H2,1H3,(H2,23,24,26)/t14-/m0/s1. The van der Waals surface area contributed by atoms with E-state index >= 15 is 0 Å². The fraction of sp³-hybridized carbons (Fsp3) is 0.350. The second-order valence-electron chi connectivity index (χ2n) is 6.59. The third kappa shape index (κ3) is 5.12. The van der Waals surface area contributed by atoms with E-state index in [1.807, 2.05) is 18.2 Å². The molecule has 1 atom stereocenters. The van der Waals surface area contributed by atoms with Gasteiger partial charge in [-0.1, -0.05) is 23.7 Å². The van der Waals surface area contributed by atoms with Crippen LogP contribution in [0, 0.1) is 0 Å². The Morgan fingerprint density at radius 3 is 2.46 bits per heavy atom. The first-order valence-corrected chi connectivity index (χ1v) is 10.5. The molecule has 138 valence electrons. The van der Waals surface area contributed by atoms with Gasteiger partial charge in [-0.25, -0.2) is 0 Å². The molecule has 0 radical (unpaired) electrons. The summed E-state index contributed by atoms with van der Waals surface area (Å²) in [4.78, 5) is 2.47. The van der Waals surface area contributed by atoms with Crippen molar-refractivity contribution in [1.82, 2.24) is 5.32 Å². The van der Waals surface area contributed by atoms with Gasteiger partial charge in [-0.05, 0) is 90.2 Å². The van der Waals surface area contributed by atoms with Crippen molar-refractivity contribution < 1.29 is 0 Å². The van der Waals surface area contributed by atoms with Gasteiger partial charge in [0, 0.05) is 28.9 Å². The van der Waals surface area contributed by atoms with Crippen LogP contribution in [-0.2, 0) is 0 Å². The minimum atomic E-state index is 0.122. The first-order chi connectivity index (χ1) is 12.5. The fourth-order valence-electron chi connectivity index (χ4n) is 3.15. The van der Waals surface area contributed by atoms with E-state index in [2.05, 4.69) is 62.7 Å². The average Bonchev–Trinajstić information content (AvgIpc) is 2.65. The molecule has 2 N–H and O–H groups in total. The second kappa shape index (κ2) is 9.07. The van der Waals surface area contributed by atoms with Gasteiger partial charge in [-0.3, -0.25) is 0 Å². The molecule has 2 aromatic carbocycles. The van der Waals surface area contributed by atoms with E-state index in [9.17, 15) is 0 Å². The number of hydrogen-bond acceptors (Lipinski definition) is 2. The number of benzene rings is 2. The molecule has 1 saturated heterocycles. The van der Waals surface area contributed by atoms with Crippen LogP contribution in [0.5, 0.6) is 0 Å². The van der Waals surface area contributed by atoms with Gasteiger partial charge in [0.25, 0.3) is 0 Å². The van der Waals surface area contributed by atoms with Gasteiger partial charge >= 0.3 is 0 Å². The van der Waals surface area contributed by atoms with Crippen molar-refractivity contribution >= 4 is 56.2 Å². The van der Waals surface area contributed by atoms with Crippen LogP contribution in [0.25, 0.3) is 0 Å². The SMILES string of the molecule is C[C@H](NC(=S)Nc1ccc(Br)c(Cl)c1)c1ccc(N2CCCCC2)cc1. The van der Waals surface area contributed by atoms with Crippen molar-refractivity contribution in [2.75, 3.05) is 23.3 Å². The first kappa shape index (κ1) is 19.5. The van der Waals surface area contributed by atoms with E-state index in [1.54, 1.807) is 0 Å². The largest absolute Gasteiger partial charge is 0.372 e. The Balaban J connectivity index is 1.57. The van der Waals surface area contributed by atoms with Crippen molar-refractivity contribution in [3.05, 3.63) is 57.5 Å². The molecular weight excluding hydrogens is 430 g/mol. The van der Waals surface area contributed by atoms with E-state index < -0.39 is 0 Å². The summed E-state index contributed by atoms with van der Waals surface area (Å²) in [7, 11) is 0. The van der Waals surface area contributed by atoms with Gasteiger partial charge in [0.1, 0.15) is 0 Å². The van der Waals surface area contributed by atoms with Crippen molar-refractivity contribution in [3.8, 4) is 0 Å². The first-order valence-electron chi connectivity index (χ1n) is 8.90. The maximum absolute atomic E-state index is 6.12. The molecule has 6 heteroatoms. The highest BCUT2D eigenvalue weighted by Gasteiger charge is 2.12. The molecule has 0 unspecified atom stereocenters. The summed E-state index contributed by atoms with van der Waals surface area (Å²) in [5.74, 6) is 0. The molecule has 1 fully saturated rings. The summed E-state index contributed by atoms with van der Waals surface area (Å²) in [5, 5.41) is 7.74. The quantitative estimate of drug-likeness (QED) is 0.545. The van der Waals surface area contributed by atoms with Crippen LogP contribution < -0.4 is 15.5 Å². The Bertz CT molecular complexity index is 760. The summed E-state index contributed by atoms with van der Waals surface area (Å²) < 4.78 is 0.866. The van der Waals surface area contributed by atoms with Gasteiger partial charge in [0.05, 0.1) is 11.1 Å². The fourth-order valence-corrected chi connectivity index (χ4v) is 3.87. The number of thiocarbonyl (C=S) groups is 1. The number of rotatable bonds is 4. The molecule has 1 aliphatic heterocycles. The van der Waals surface area contributed by atoms with Gasteiger partial charge in [-0.15, -0.1) is 0 Å². The lowest BCUT2D eigenvalue weighted by Gasteiger charge is -2.29. The molecule has 0 saturated carbocycles. The highest BCUT2D eigenvalue weighted by molar-refractivity contribution is 9.10. The number of nitrogens with zero attached hydrogens (tertiary/aromatic N) is 1. The predicted molar refractivity (Wildman–Crippen MR) is 119 cm³/mol. The zero-order chi connectivity index (χ0) is 18.5. The van der Waals surface area contributed by atoms with Crippen molar-refractivity contribution in [2.24, 2.45) is 0 Å². The van der Waals surface area contributed by atoms with Gasteiger partial charge in [0.2, 0.25) is 0 Å². The number of anilines is 2. The Hall–Kier alpha value is -1.30. The van der Waals surface area contributed by atoms with Crippen molar-refractivity contribution in [2.45, 2.75) is 32.2 Å². The summed E-state index contributed by atoms with van der Waals surface area (Å²) in [5.41, 5.74) is 3.39. The smallest absolute Gasteiger partial charge is 0.171 e. The molecule has 1 aliphatic rings. The third-order valence-corrected chi connectivity index (χ3v) is 6.09. The molecule has 1 heterocycles. The van der Waals surface area contributed by atoms with E-state index in [0.717, 1.165) is 23.2 Å². The maximum atomic E-state index is 6.12. The van der Waals surface area contributed by atoms with Gasteiger partial charge in [-0.2, -0.15) is 0 Å². The predicted octanol–water partition coefficient (Wildman–Crippen LogP) is 6.14. The lowest BCUT2D eigenvalue weighted by atomic mass is 10.1. The van der Waals surface area contributed by atoms with Gasteiger partial charge < -0.3 is 15.5 Å². The molecule has 0 aromatic heterocycles. The van der Waals surface area contributed by atoms with E-state index in [0.29, 0.717) is 10.1 Å². The molecule has 3 nitrogen and oxygen atoms in total. The Morgan fingerprint density at radius 2 is 1.81 bits per heavy atom. The van der Waals surface area contributed by atoms with Crippen molar-refractivity contribution in [1.29, 1.82) is 0 Å². The summed E-state index contributed by atoms with van der Waals surface area (Å²) in [6.07, 6.45) is 3.93. The van der Waals surface area contributed by atoms with E-state index in [-0.39, 0.29) is 6.04 Å². The lowest BCUT2D eigenvalue weighted by molar-refractivity contribution is 0.577. The topological polar surface area (TPSA) is 27.3 Å². The number of nitrogens with one attached hydrogen (secondary N) is 2. The Morgan fingerprint density at radius 1 is 1.12 bits per heavy atom. The number of hydrogen-bond donors (Lipinski definition) is 2. The molecule has 3 rings (SSSR count). The normalized spacial score (nSPS) is 15.4.